The lowest BCUT2D eigenvalue weighted by molar-refractivity contribution is 0.151. The second-order valence-electron chi connectivity index (χ2n) is 6.61. The van der Waals surface area contributed by atoms with Crippen molar-refractivity contribution in [2.45, 2.75) is 31.7 Å². The molecule has 2 atom stereocenters. The lowest BCUT2D eigenvalue weighted by Gasteiger charge is -2.36. The number of para-hydroxylation sites is 1. The number of aromatic amines is 1. The van der Waals surface area contributed by atoms with Crippen LogP contribution in [0, 0.1) is 0 Å². The van der Waals surface area contributed by atoms with Crippen molar-refractivity contribution in [1.29, 1.82) is 0 Å². The van der Waals surface area contributed by atoms with Gasteiger partial charge in [-0.25, -0.2) is 15.0 Å². The van der Waals surface area contributed by atoms with E-state index in [-0.39, 0.29) is 11.6 Å². The predicted octanol–water partition coefficient (Wildman–Crippen LogP) is 2.65. The summed E-state index contributed by atoms with van der Waals surface area (Å²) in [5.41, 5.74) is 1.76. The number of hydrogen-bond acceptors (Lipinski definition) is 5. The molecule has 3 heterocycles. The number of fused-ring (bicyclic) bond motifs is 1. The maximum Gasteiger partial charge on any atom is 0.258 e. The van der Waals surface area contributed by atoms with Crippen LogP contribution in [0.25, 0.3) is 10.9 Å². The Bertz CT molecular complexity index is 924. The van der Waals surface area contributed by atoms with Crippen molar-refractivity contribution >= 4 is 10.9 Å². The highest BCUT2D eigenvalue weighted by molar-refractivity contribution is 5.77. The van der Waals surface area contributed by atoms with E-state index in [0.717, 1.165) is 43.0 Å². The second kappa shape index (κ2) is 6.72. The molecule has 0 radical (unpaired) electrons. The average molecular weight is 335 g/mol. The summed E-state index contributed by atoms with van der Waals surface area (Å²) in [7, 11) is 0. The van der Waals surface area contributed by atoms with Crippen LogP contribution in [-0.2, 0) is 0 Å². The van der Waals surface area contributed by atoms with E-state index in [1.165, 1.54) is 0 Å². The molecular weight excluding hydrogens is 314 g/mol. The molecule has 1 aromatic carbocycles. The van der Waals surface area contributed by atoms with E-state index in [2.05, 4.69) is 31.8 Å². The Morgan fingerprint density at radius 3 is 3.00 bits per heavy atom. The van der Waals surface area contributed by atoms with Crippen LogP contribution in [0.1, 0.15) is 43.2 Å². The molecule has 4 rings (SSSR count). The molecule has 1 aliphatic heterocycles. The van der Waals surface area contributed by atoms with E-state index in [1.807, 2.05) is 30.3 Å². The minimum absolute atomic E-state index is 0.0574. The molecule has 6 nitrogen and oxygen atoms in total. The Kier molecular flexibility index (Phi) is 4.28. The van der Waals surface area contributed by atoms with Gasteiger partial charge in [0.2, 0.25) is 0 Å². The molecule has 0 unspecified atom stereocenters. The molecule has 1 fully saturated rings. The first-order chi connectivity index (χ1) is 12.2. The quantitative estimate of drug-likeness (QED) is 0.796. The number of benzene rings is 1. The highest BCUT2D eigenvalue weighted by atomic mass is 16.1. The third-order valence-electron chi connectivity index (χ3n) is 5.05. The molecular formula is C19H21N5O. The minimum Gasteiger partial charge on any atom is -0.309 e. The molecule has 25 heavy (non-hydrogen) atoms. The second-order valence-corrected chi connectivity index (χ2v) is 6.61. The SMILES string of the molecule is C[C@@H](c1nc2ccccc2c(=O)[nH]1)N1CCC[C@@H](c2ccncn2)C1. The zero-order valence-electron chi connectivity index (χ0n) is 14.2. The van der Waals surface area contributed by atoms with Crippen LogP contribution in [0.4, 0.5) is 0 Å². The topological polar surface area (TPSA) is 74.8 Å². The van der Waals surface area contributed by atoms with Crippen LogP contribution < -0.4 is 5.56 Å². The van der Waals surface area contributed by atoms with Gasteiger partial charge in [-0.1, -0.05) is 12.1 Å². The fraction of sp³-hybridized carbons (Fsp3) is 0.368. The number of nitrogens with one attached hydrogen (secondary N) is 1. The summed E-state index contributed by atoms with van der Waals surface area (Å²) in [5.74, 6) is 1.12. The Morgan fingerprint density at radius 2 is 2.16 bits per heavy atom. The summed E-state index contributed by atoms with van der Waals surface area (Å²) in [6, 6.07) is 9.52. The van der Waals surface area contributed by atoms with Gasteiger partial charge in [-0.15, -0.1) is 0 Å². The summed E-state index contributed by atoms with van der Waals surface area (Å²) in [4.78, 5) is 30.8. The molecule has 128 valence electrons. The van der Waals surface area contributed by atoms with Crippen molar-refractivity contribution in [2.24, 2.45) is 0 Å². The summed E-state index contributed by atoms with van der Waals surface area (Å²) in [6.07, 6.45) is 5.64. The maximum atomic E-state index is 12.3. The van der Waals surface area contributed by atoms with Gasteiger partial charge >= 0.3 is 0 Å². The van der Waals surface area contributed by atoms with Gasteiger partial charge in [-0.2, -0.15) is 0 Å². The minimum atomic E-state index is -0.0724. The van der Waals surface area contributed by atoms with Gasteiger partial charge in [0.05, 0.1) is 16.9 Å². The number of aromatic nitrogens is 4. The fourth-order valence-corrected chi connectivity index (χ4v) is 3.62. The van der Waals surface area contributed by atoms with Crippen LogP contribution in [-0.4, -0.2) is 37.9 Å². The van der Waals surface area contributed by atoms with Crippen LogP contribution in [0.15, 0.2) is 47.7 Å². The Hall–Kier alpha value is -2.60. The van der Waals surface area contributed by atoms with E-state index in [0.29, 0.717) is 11.3 Å². The lowest BCUT2D eigenvalue weighted by atomic mass is 9.93. The average Bonchev–Trinajstić information content (AvgIpc) is 2.68. The zero-order valence-corrected chi connectivity index (χ0v) is 14.2. The van der Waals surface area contributed by atoms with Gasteiger partial charge in [-0.05, 0) is 44.5 Å². The molecule has 0 saturated carbocycles. The highest BCUT2D eigenvalue weighted by Crippen LogP contribution is 2.30. The third-order valence-corrected chi connectivity index (χ3v) is 5.05. The van der Waals surface area contributed by atoms with E-state index >= 15 is 0 Å². The molecule has 0 aliphatic carbocycles. The van der Waals surface area contributed by atoms with E-state index in [1.54, 1.807) is 12.5 Å². The van der Waals surface area contributed by atoms with E-state index in [4.69, 9.17) is 0 Å². The standard InChI is InChI=1S/C19H21N5O/c1-13(18-22-17-7-3-2-6-15(17)19(25)23-18)24-10-4-5-14(11-24)16-8-9-20-12-21-16/h2-3,6-9,12-14H,4-5,10-11H2,1H3,(H,22,23,25)/t13-,14+/m0/s1. The zero-order chi connectivity index (χ0) is 17.2. The number of nitrogens with zero attached hydrogens (tertiary/aromatic N) is 4. The number of rotatable bonds is 3. The van der Waals surface area contributed by atoms with Crippen molar-refractivity contribution in [3.63, 3.8) is 0 Å². The molecule has 0 spiro atoms. The van der Waals surface area contributed by atoms with Crippen LogP contribution >= 0.6 is 0 Å². The largest absolute Gasteiger partial charge is 0.309 e. The Labute approximate surface area is 146 Å². The summed E-state index contributed by atoms with van der Waals surface area (Å²) in [5, 5.41) is 0.635. The van der Waals surface area contributed by atoms with Gasteiger partial charge in [0.15, 0.2) is 0 Å². The third kappa shape index (κ3) is 3.17. The van der Waals surface area contributed by atoms with Crippen LogP contribution in [0.3, 0.4) is 0 Å². The Balaban J connectivity index is 1.60. The summed E-state index contributed by atoms with van der Waals surface area (Å²) in [6.45, 7) is 4.02. The van der Waals surface area contributed by atoms with Gasteiger partial charge in [0, 0.05) is 24.4 Å². The normalized spacial score (nSPS) is 19.8. The smallest absolute Gasteiger partial charge is 0.258 e. The molecule has 1 N–H and O–H groups in total. The van der Waals surface area contributed by atoms with Gasteiger partial charge in [0.1, 0.15) is 12.2 Å². The Morgan fingerprint density at radius 1 is 1.28 bits per heavy atom. The number of hydrogen-bond donors (Lipinski definition) is 1. The molecule has 1 aliphatic rings. The van der Waals surface area contributed by atoms with Crippen LogP contribution in [0.5, 0.6) is 0 Å². The summed E-state index contributed by atoms with van der Waals surface area (Å²) < 4.78 is 0. The highest BCUT2D eigenvalue weighted by Gasteiger charge is 2.27. The number of likely N-dealkylation sites (tertiary alicyclic amines) is 1. The number of piperidine rings is 1. The fourth-order valence-electron chi connectivity index (χ4n) is 3.62. The first kappa shape index (κ1) is 15.9. The predicted molar refractivity (Wildman–Crippen MR) is 96.4 cm³/mol. The number of H-pyrrole nitrogens is 1. The maximum absolute atomic E-state index is 12.3. The van der Waals surface area contributed by atoms with Gasteiger partial charge in [0.25, 0.3) is 5.56 Å². The monoisotopic (exact) mass is 335 g/mol. The van der Waals surface area contributed by atoms with Crippen LogP contribution in [0.2, 0.25) is 0 Å². The lowest BCUT2D eigenvalue weighted by Crippen LogP contribution is -2.37. The first-order valence-electron chi connectivity index (χ1n) is 8.71. The molecule has 1 saturated heterocycles. The molecule has 0 bridgehead atoms. The van der Waals surface area contributed by atoms with Crippen molar-refractivity contribution in [2.75, 3.05) is 13.1 Å². The van der Waals surface area contributed by atoms with Crippen molar-refractivity contribution in [1.82, 2.24) is 24.8 Å². The van der Waals surface area contributed by atoms with Crippen molar-refractivity contribution in [3.05, 3.63) is 64.7 Å². The van der Waals surface area contributed by atoms with E-state index in [9.17, 15) is 4.79 Å². The first-order valence-corrected chi connectivity index (χ1v) is 8.71. The van der Waals surface area contributed by atoms with Gasteiger partial charge < -0.3 is 4.98 Å². The summed E-state index contributed by atoms with van der Waals surface area (Å²) >= 11 is 0. The molecule has 3 aromatic rings. The van der Waals surface area contributed by atoms with E-state index < -0.39 is 0 Å². The van der Waals surface area contributed by atoms with Gasteiger partial charge in [-0.3, -0.25) is 9.69 Å². The molecule has 2 aromatic heterocycles. The van der Waals surface area contributed by atoms with Crippen molar-refractivity contribution < 1.29 is 0 Å². The molecule has 0 amide bonds. The van der Waals surface area contributed by atoms with Crippen molar-refractivity contribution in [3.8, 4) is 0 Å². The molecule has 6 heteroatoms.